The number of hydrogen-bond acceptors (Lipinski definition) is 5. The van der Waals surface area contributed by atoms with Gasteiger partial charge >= 0.3 is 0 Å². The average Bonchev–Trinajstić information content (AvgIpc) is 3.52. The van der Waals surface area contributed by atoms with Gasteiger partial charge in [-0.2, -0.15) is 0 Å². The molecular formula is C27H24N4O2. The number of aromatic nitrogens is 4. The average molecular weight is 437 g/mol. The highest BCUT2D eigenvalue weighted by Crippen LogP contribution is 2.27. The summed E-state index contributed by atoms with van der Waals surface area (Å²) in [7, 11) is 0. The highest BCUT2D eigenvalue weighted by Gasteiger charge is 2.06. The largest absolute Gasteiger partial charge is 0.457 e. The molecule has 0 atom stereocenters. The van der Waals surface area contributed by atoms with Gasteiger partial charge < -0.3 is 9.15 Å². The first-order valence-electron chi connectivity index (χ1n) is 11.1. The number of fused-ring (bicyclic) bond motifs is 1. The van der Waals surface area contributed by atoms with E-state index in [1.807, 2.05) is 83.7 Å². The maximum absolute atomic E-state index is 6.04. The summed E-state index contributed by atoms with van der Waals surface area (Å²) >= 11 is 0. The first-order chi connectivity index (χ1) is 16.3. The van der Waals surface area contributed by atoms with Crippen molar-refractivity contribution >= 4 is 23.3 Å². The van der Waals surface area contributed by atoms with Gasteiger partial charge in [-0.3, -0.25) is 4.68 Å². The molecule has 0 aliphatic carbocycles. The number of oxazole rings is 1. The van der Waals surface area contributed by atoms with Crippen LogP contribution in [-0.2, 0) is 13.0 Å². The van der Waals surface area contributed by atoms with E-state index in [-0.39, 0.29) is 0 Å². The van der Waals surface area contributed by atoms with E-state index in [1.54, 1.807) is 6.20 Å². The number of aryl methyl sites for hydroxylation is 2. The third-order valence-corrected chi connectivity index (χ3v) is 5.33. The van der Waals surface area contributed by atoms with Gasteiger partial charge in [-0.15, -0.1) is 5.10 Å². The molecule has 0 aliphatic rings. The third-order valence-electron chi connectivity index (χ3n) is 5.33. The Balaban J connectivity index is 1.17. The Labute approximate surface area is 192 Å². The number of unbranched alkanes of at least 4 members (excludes halogenated alkanes) is 1. The van der Waals surface area contributed by atoms with E-state index < -0.39 is 0 Å². The molecule has 2 heterocycles. The Hall–Kier alpha value is -4.19. The zero-order valence-electron chi connectivity index (χ0n) is 18.2. The van der Waals surface area contributed by atoms with Crippen molar-refractivity contribution in [1.29, 1.82) is 0 Å². The lowest BCUT2D eigenvalue weighted by molar-refractivity contribution is 0.482. The molecule has 0 saturated carbocycles. The van der Waals surface area contributed by atoms with Crippen LogP contribution in [0.2, 0.25) is 0 Å². The minimum Gasteiger partial charge on any atom is -0.457 e. The minimum absolute atomic E-state index is 0.569. The highest BCUT2D eigenvalue weighted by atomic mass is 16.5. The van der Waals surface area contributed by atoms with E-state index in [0.29, 0.717) is 5.89 Å². The zero-order valence-corrected chi connectivity index (χ0v) is 18.2. The second-order valence-electron chi connectivity index (χ2n) is 7.79. The van der Waals surface area contributed by atoms with Crippen LogP contribution in [0.1, 0.15) is 29.9 Å². The van der Waals surface area contributed by atoms with Crippen molar-refractivity contribution in [3.63, 3.8) is 0 Å². The van der Waals surface area contributed by atoms with E-state index in [9.17, 15) is 0 Å². The van der Waals surface area contributed by atoms with Crippen molar-refractivity contribution < 1.29 is 9.15 Å². The molecule has 0 unspecified atom stereocenters. The number of benzene rings is 3. The number of ether oxygens (including phenoxy) is 1. The van der Waals surface area contributed by atoms with E-state index >= 15 is 0 Å². The summed E-state index contributed by atoms with van der Waals surface area (Å²) in [5.41, 5.74) is 3.89. The third kappa shape index (κ3) is 5.54. The maximum atomic E-state index is 6.04. The summed E-state index contributed by atoms with van der Waals surface area (Å²) in [5, 5.41) is 7.82. The Bertz CT molecular complexity index is 1320. The van der Waals surface area contributed by atoms with Gasteiger partial charge in [-0.1, -0.05) is 47.7 Å². The standard InChI is InChI=1S/C27H24N4O2/c1-2-6-21(7-3-1)11-16-27-29-25-20-24(14-15-26(25)33-27)32-23-12-9-22(10-13-23)8-4-5-18-31-19-17-28-30-31/h1-3,6-7,9-17,19-20H,4-5,8,18H2. The molecule has 0 amide bonds. The van der Waals surface area contributed by atoms with Crippen molar-refractivity contribution in [2.45, 2.75) is 25.8 Å². The van der Waals surface area contributed by atoms with Crippen LogP contribution < -0.4 is 4.74 Å². The first kappa shape index (κ1) is 20.7. The number of hydrogen-bond donors (Lipinski definition) is 0. The minimum atomic E-state index is 0.569. The van der Waals surface area contributed by atoms with Crippen molar-refractivity contribution in [2.24, 2.45) is 0 Å². The molecular weight excluding hydrogens is 412 g/mol. The molecule has 0 bridgehead atoms. The molecule has 0 N–H and O–H groups in total. The van der Waals surface area contributed by atoms with Crippen LogP contribution >= 0.6 is 0 Å². The second kappa shape index (κ2) is 9.96. The van der Waals surface area contributed by atoms with Gasteiger partial charge in [0.1, 0.15) is 17.0 Å². The Kier molecular flexibility index (Phi) is 6.24. The lowest BCUT2D eigenvalue weighted by Gasteiger charge is -2.07. The molecule has 0 aliphatic heterocycles. The zero-order chi connectivity index (χ0) is 22.3. The summed E-state index contributed by atoms with van der Waals surface area (Å²) < 4.78 is 13.7. The predicted octanol–water partition coefficient (Wildman–Crippen LogP) is 6.40. The van der Waals surface area contributed by atoms with Gasteiger partial charge in [0.05, 0.1) is 6.20 Å². The van der Waals surface area contributed by atoms with Crippen LogP contribution in [0.15, 0.2) is 89.6 Å². The molecule has 0 spiro atoms. The molecule has 33 heavy (non-hydrogen) atoms. The van der Waals surface area contributed by atoms with Crippen LogP contribution in [0.4, 0.5) is 0 Å². The number of rotatable bonds is 9. The summed E-state index contributed by atoms with van der Waals surface area (Å²) in [4.78, 5) is 4.56. The van der Waals surface area contributed by atoms with E-state index in [1.165, 1.54) is 5.56 Å². The van der Waals surface area contributed by atoms with Crippen molar-refractivity contribution in [3.8, 4) is 11.5 Å². The van der Waals surface area contributed by atoms with Gasteiger partial charge in [0.25, 0.3) is 0 Å². The summed E-state index contributed by atoms with van der Waals surface area (Å²) in [6.45, 7) is 0.898. The molecule has 0 radical (unpaired) electrons. The lowest BCUT2D eigenvalue weighted by atomic mass is 10.1. The first-order valence-corrected chi connectivity index (χ1v) is 11.1. The molecule has 5 aromatic rings. The molecule has 3 aromatic carbocycles. The smallest absolute Gasteiger partial charge is 0.220 e. The maximum Gasteiger partial charge on any atom is 0.220 e. The Morgan fingerprint density at radius 2 is 1.73 bits per heavy atom. The molecule has 0 saturated heterocycles. The fourth-order valence-corrected chi connectivity index (χ4v) is 3.61. The quantitative estimate of drug-likeness (QED) is 0.250. The summed E-state index contributed by atoms with van der Waals surface area (Å²) in [6, 6.07) is 24.0. The van der Waals surface area contributed by atoms with E-state index in [0.717, 1.165) is 54.0 Å². The van der Waals surface area contributed by atoms with Crippen molar-refractivity contribution in [2.75, 3.05) is 0 Å². The number of nitrogens with zero attached hydrogens (tertiary/aromatic N) is 4. The monoisotopic (exact) mass is 436 g/mol. The van der Waals surface area contributed by atoms with Gasteiger partial charge in [0.15, 0.2) is 5.58 Å². The highest BCUT2D eigenvalue weighted by molar-refractivity contribution is 5.77. The molecule has 6 heteroatoms. The molecule has 164 valence electrons. The summed E-state index contributed by atoms with van der Waals surface area (Å²) in [5.74, 6) is 2.10. The van der Waals surface area contributed by atoms with Crippen molar-refractivity contribution in [1.82, 2.24) is 20.0 Å². The molecule has 0 fully saturated rings. The Morgan fingerprint density at radius 3 is 2.55 bits per heavy atom. The SMILES string of the molecule is C(=Cc1nc2cc(Oc3ccc(CCCCn4ccnn4)cc3)ccc2o1)c1ccccc1. The van der Waals surface area contributed by atoms with Crippen LogP contribution in [0, 0.1) is 0 Å². The fraction of sp³-hybridized carbons (Fsp3) is 0.148. The van der Waals surface area contributed by atoms with Gasteiger partial charge in [0, 0.05) is 24.9 Å². The van der Waals surface area contributed by atoms with Gasteiger partial charge in [-0.25, -0.2) is 4.98 Å². The Morgan fingerprint density at radius 1 is 0.879 bits per heavy atom. The fourth-order valence-electron chi connectivity index (χ4n) is 3.61. The molecule has 5 rings (SSSR count). The van der Waals surface area contributed by atoms with E-state index in [4.69, 9.17) is 9.15 Å². The van der Waals surface area contributed by atoms with E-state index in [2.05, 4.69) is 27.4 Å². The van der Waals surface area contributed by atoms with Crippen LogP contribution in [0.5, 0.6) is 11.5 Å². The normalized spacial score (nSPS) is 11.4. The van der Waals surface area contributed by atoms with Crippen LogP contribution in [-0.4, -0.2) is 20.0 Å². The molecule has 6 nitrogen and oxygen atoms in total. The summed E-state index contributed by atoms with van der Waals surface area (Å²) in [6.07, 6.45) is 10.7. The topological polar surface area (TPSA) is 66.0 Å². The van der Waals surface area contributed by atoms with Gasteiger partial charge in [-0.05, 0) is 60.7 Å². The predicted molar refractivity (Wildman–Crippen MR) is 129 cm³/mol. The second-order valence-corrected chi connectivity index (χ2v) is 7.79. The van der Waals surface area contributed by atoms with Gasteiger partial charge in [0.2, 0.25) is 5.89 Å². The van der Waals surface area contributed by atoms with Crippen LogP contribution in [0.3, 0.4) is 0 Å². The lowest BCUT2D eigenvalue weighted by Crippen LogP contribution is -1.99. The molecule has 2 aromatic heterocycles. The van der Waals surface area contributed by atoms with Crippen LogP contribution in [0.25, 0.3) is 23.3 Å². The van der Waals surface area contributed by atoms with Crippen molar-refractivity contribution in [3.05, 3.63) is 102 Å².